The molecule has 22 heavy (non-hydrogen) atoms. The van der Waals surface area contributed by atoms with Gasteiger partial charge < -0.3 is 10.6 Å². The van der Waals surface area contributed by atoms with Crippen LogP contribution in [0.1, 0.15) is 54.4 Å². The van der Waals surface area contributed by atoms with E-state index < -0.39 is 0 Å². The molecule has 1 aliphatic rings. The molecule has 1 aliphatic carbocycles. The zero-order valence-corrected chi connectivity index (χ0v) is 13.8. The number of aromatic nitrogens is 2. The maximum atomic E-state index is 12.3. The summed E-state index contributed by atoms with van der Waals surface area (Å²) in [6, 6.07) is 4.14. The second-order valence-electron chi connectivity index (χ2n) is 5.71. The van der Waals surface area contributed by atoms with Gasteiger partial charge >= 0.3 is 6.03 Å². The predicted octanol–water partition coefficient (Wildman–Crippen LogP) is 3.31. The summed E-state index contributed by atoms with van der Waals surface area (Å²) in [5.74, 6) is 0. The molecule has 0 unspecified atom stereocenters. The molecule has 0 bridgehead atoms. The lowest BCUT2D eigenvalue weighted by atomic mass is 9.93. The van der Waals surface area contributed by atoms with Crippen LogP contribution in [0.2, 0.25) is 0 Å². The van der Waals surface area contributed by atoms with Crippen molar-refractivity contribution in [2.45, 2.75) is 44.7 Å². The highest BCUT2D eigenvalue weighted by atomic mass is 32.1. The molecular weight excluding hydrogens is 296 g/mol. The highest BCUT2D eigenvalue weighted by molar-refractivity contribution is 7.10. The predicted molar refractivity (Wildman–Crippen MR) is 87.9 cm³/mol. The first-order valence-electron chi connectivity index (χ1n) is 7.80. The Bertz CT molecular complexity index is 635. The number of carbonyl (C=O) groups is 1. The second kappa shape index (κ2) is 6.52. The smallest absolute Gasteiger partial charge is 0.315 e. The molecule has 2 aromatic heterocycles. The topological polar surface area (TPSA) is 59.0 Å². The van der Waals surface area contributed by atoms with Crippen LogP contribution in [0.3, 0.4) is 0 Å². The van der Waals surface area contributed by atoms with Gasteiger partial charge in [0.15, 0.2) is 0 Å². The van der Waals surface area contributed by atoms with Gasteiger partial charge in [0.2, 0.25) is 0 Å². The van der Waals surface area contributed by atoms with Gasteiger partial charge in [0, 0.05) is 23.2 Å². The minimum absolute atomic E-state index is 0.0679. The zero-order valence-electron chi connectivity index (χ0n) is 13.0. The van der Waals surface area contributed by atoms with Crippen LogP contribution in [0.25, 0.3) is 0 Å². The average Bonchev–Trinajstić information content (AvgIpc) is 3.16. The van der Waals surface area contributed by atoms with E-state index in [1.807, 2.05) is 29.4 Å². The maximum Gasteiger partial charge on any atom is 0.315 e. The summed E-state index contributed by atoms with van der Waals surface area (Å²) in [6.07, 6.45) is 5.87. The number of nitrogens with one attached hydrogen (secondary N) is 2. The molecule has 0 saturated carbocycles. The lowest BCUT2D eigenvalue weighted by Crippen LogP contribution is -2.40. The fourth-order valence-electron chi connectivity index (χ4n) is 3.08. The monoisotopic (exact) mass is 318 g/mol. The van der Waals surface area contributed by atoms with E-state index in [2.05, 4.69) is 28.7 Å². The molecule has 0 fully saturated rings. The van der Waals surface area contributed by atoms with E-state index in [9.17, 15) is 4.79 Å². The van der Waals surface area contributed by atoms with Gasteiger partial charge in [-0.15, -0.1) is 11.3 Å². The lowest BCUT2D eigenvalue weighted by molar-refractivity contribution is 0.231. The van der Waals surface area contributed by atoms with E-state index in [0.717, 1.165) is 31.2 Å². The van der Waals surface area contributed by atoms with Gasteiger partial charge in [-0.3, -0.25) is 4.68 Å². The van der Waals surface area contributed by atoms with E-state index in [-0.39, 0.29) is 18.1 Å². The Hall–Kier alpha value is -1.82. The Balaban J connectivity index is 1.65. The van der Waals surface area contributed by atoms with Gasteiger partial charge in [-0.05, 0) is 37.1 Å². The first-order valence-corrected chi connectivity index (χ1v) is 8.68. The number of hydrogen-bond donors (Lipinski definition) is 2. The first kappa shape index (κ1) is 15.1. The Morgan fingerprint density at radius 1 is 1.59 bits per heavy atom. The van der Waals surface area contributed by atoms with Crippen molar-refractivity contribution in [1.29, 1.82) is 0 Å². The Morgan fingerprint density at radius 3 is 3.18 bits per heavy atom. The van der Waals surface area contributed by atoms with Gasteiger partial charge in [0.25, 0.3) is 0 Å². The van der Waals surface area contributed by atoms with Crippen molar-refractivity contribution in [3.05, 3.63) is 39.8 Å². The molecule has 5 nitrogen and oxygen atoms in total. The molecule has 0 aliphatic heterocycles. The molecule has 0 aromatic carbocycles. The Morgan fingerprint density at radius 2 is 2.45 bits per heavy atom. The fourth-order valence-corrected chi connectivity index (χ4v) is 3.94. The van der Waals surface area contributed by atoms with Crippen LogP contribution in [0.5, 0.6) is 0 Å². The number of amides is 2. The van der Waals surface area contributed by atoms with E-state index in [0.29, 0.717) is 0 Å². The third-order valence-corrected chi connectivity index (χ3v) is 5.27. The Labute approximate surface area is 134 Å². The van der Waals surface area contributed by atoms with Crippen LogP contribution in [0.15, 0.2) is 23.7 Å². The molecule has 2 aromatic rings. The van der Waals surface area contributed by atoms with E-state index in [4.69, 9.17) is 0 Å². The minimum atomic E-state index is -0.0954. The van der Waals surface area contributed by atoms with Gasteiger partial charge in [0.05, 0.1) is 18.3 Å². The van der Waals surface area contributed by atoms with Crippen LogP contribution in [0.4, 0.5) is 4.79 Å². The van der Waals surface area contributed by atoms with E-state index in [1.54, 1.807) is 11.3 Å². The summed E-state index contributed by atoms with van der Waals surface area (Å²) in [6.45, 7) is 2.09. The average molecular weight is 318 g/mol. The van der Waals surface area contributed by atoms with Gasteiger partial charge in [-0.1, -0.05) is 13.0 Å². The van der Waals surface area contributed by atoms with Crippen LogP contribution in [0, 0.1) is 0 Å². The fraction of sp³-hybridized carbons (Fsp3) is 0.500. The van der Waals surface area contributed by atoms with E-state index >= 15 is 0 Å². The number of aryl methyl sites for hydroxylation is 1. The number of rotatable bonds is 4. The summed E-state index contributed by atoms with van der Waals surface area (Å²) in [7, 11) is 1.96. The molecule has 2 N–H and O–H groups in total. The minimum Gasteiger partial charge on any atom is -0.331 e. The van der Waals surface area contributed by atoms with Crippen molar-refractivity contribution in [3.8, 4) is 0 Å². The molecule has 0 spiro atoms. The number of carbonyl (C=O) groups excluding carboxylic acids is 1. The molecular formula is C16H22N4OS. The van der Waals surface area contributed by atoms with Crippen molar-refractivity contribution in [2.75, 3.05) is 0 Å². The SMILES string of the molecule is CC[C@@H](NC(=O)N[C@H]1CCCc2c1cnn2C)c1cccs1. The molecule has 118 valence electrons. The highest BCUT2D eigenvalue weighted by Gasteiger charge is 2.25. The largest absolute Gasteiger partial charge is 0.331 e. The lowest BCUT2D eigenvalue weighted by Gasteiger charge is -2.25. The van der Waals surface area contributed by atoms with Crippen molar-refractivity contribution >= 4 is 17.4 Å². The number of urea groups is 1. The van der Waals surface area contributed by atoms with E-state index in [1.165, 1.54) is 10.6 Å². The number of nitrogens with zero attached hydrogens (tertiary/aromatic N) is 2. The third kappa shape index (κ3) is 3.02. The number of hydrogen-bond acceptors (Lipinski definition) is 3. The van der Waals surface area contributed by atoms with Crippen molar-refractivity contribution in [2.24, 2.45) is 7.05 Å². The summed E-state index contributed by atoms with van der Waals surface area (Å²) in [4.78, 5) is 13.5. The standard InChI is InChI=1S/C16H22N4OS/c1-3-12(15-8-5-9-22-15)18-16(21)19-13-6-4-7-14-11(13)10-17-20(14)2/h5,8-10,12-13H,3-4,6-7H2,1-2H3,(H2,18,19,21)/t12-,13+/m1/s1. The summed E-state index contributed by atoms with van der Waals surface area (Å²) in [5.41, 5.74) is 2.40. The highest BCUT2D eigenvalue weighted by Crippen LogP contribution is 2.29. The molecule has 2 atom stereocenters. The summed E-state index contributed by atoms with van der Waals surface area (Å²) >= 11 is 1.68. The normalized spacial score (nSPS) is 18.5. The molecule has 2 heterocycles. The van der Waals surface area contributed by atoms with Gasteiger partial charge in [-0.2, -0.15) is 5.10 Å². The van der Waals surface area contributed by atoms with Crippen molar-refractivity contribution in [3.63, 3.8) is 0 Å². The number of thiophene rings is 1. The van der Waals surface area contributed by atoms with Crippen LogP contribution >= 0.6 is 11.3 Å². The number of fused-ring (bicyclic) bond motifs is 1. The molecule has 6 heteroatoms. The maximum absolute atomic E-state index is 12.3. The van der Waals surface area contributed by atoms with Crippen LogP contribution in [-0.2, 0) is 13.5 Å². The molecule has 2 amide bonds. The molecule has 3 rings (SSSR count). The Kier molecular flexibility index (Phi) is 4.47. The van der Waals surface area contributed by atoms with Gasteiger partial charge in [-0.25, -0.2) is 4.79 Å². The quantitative estimate of drug-likeness (QED) is 0.908. The summed E-state index contributed by atoms with van der Waals surface area (Å²) in [5, 5.41) is 12.6. The first-order chi connectivity index (χ1) is 10.7. The van der Waals surface area contributed by atoms with Crippen molar-refractivity contribution < 1.29 is 4.79 Å². The third-order valence-electron chi connectivity index (χ3n) is 4.28. The van der Waals surface area contributed by atoms with Crippen molar-refractivity contribution in [1.82, 2.24) is 20.4 Å². The van der Waals surface area contributed by atoms with Crippen LogP contribution < -0.4 is 10.6 Å². The second-order valence-corrected chi connectivity index (χ2v) is 6.69. The zero-order chi connectivity index (χ0) is 15.5. The van der Waals surface area contributed by atoms with Gasteiger partial charge in [0.1, 0.15) is 0 Å². The summed E-state index contributed by atoms with van der Waals surface area (Å²) < 4.78 is 1.92. The molecule has 0 saturated heterocycles. The van der Waals surface area contributed by atoms with Crippen LogP contribution in [-0.4, -0.2) is 15.8 Å². The molecule has 0 radical (unpaired) electrons.